The van der Waals surface area contributed by atoms with Crippen LogP contribution >= 0.6 is 0 Å². The molecule has 1 atom stereocenters. The fourth-order valence-electron chi connectivity index (χ4n) is 4.76. The van der Waals surface area contributed by atoms with Gasteiger partial charge in [-0.3, -0.25) is 9.58 Å². The third kappa shape index (κ3) is 4.19. The van der Waals surface area contributed by atoms with Crippen LogP contribution < -0.4 is 4.90 Å². The second-order valence-corrected chi connectivity index (χ2v) is 8.09. The van der Waals surface area contributed by atoms with E-state index in [4.69, 9.17) is 4.74 Å². The highest BCUT2D eigenvalue weighted by Crippen LogP contribution is 2.38. The third-order valence-electron chi connectivity index (χ3n) is 6.33. The Kier molecular flexibility index (Phi) is 5.50. The molecule has 2 fully saturated rings. The van der Waals surface area contributed by atoms with Crippen molar-refractivity contribution in [2.45, 2.75) is 50.8 Å². The maximum Gasteiger partial charge on any atom is 0.0731 e. The molecule has 2 saturated heterocycles. The van der Waals surface area contributed by atoms with Gasteiger partial charge in [0, 0.05) is 56.8 Å². The van der Waals surface area contributed by atoms with E-state index in [2.05, 4.69) is 58.4 Å². The smallest absolute Gasteiger partial charge is 0.0731 e. The molecule has 5 nitrogen and oxygen atoms in total. The molecule has 4 rings (SSSR count). The average Bonchev–Trinajstić information content (AvgIpc) is 3.12. The van der Waals surface area contributed by atoms with Crippen LogP contribution in [0.4, 0.5) is 5.69 Å². The summed E-state index contributed by atoms with van der Waals surface area (Å²) in [5.74, 6) is 0. The molecule has 0 saturated carbocycles. The van der Waals surface area contributed by atoms with Crippen LogP contribution in [0.2, 0.25) is 0 Å². The van der Waals surface area contributed by atoms with E-state index in [0.717, 1.165) is 58.5 Å². The van der Waals surface area contributed by atoms with Gasteiger partial charge in [0.2, 0.25) is 0 Å². The molecule has 1 aromatic heterocycles. The van der Waals surface area contributed by atoms with Crippen molar-refractivity contribution in [1.82, 2.24) is 14.7 Å². The van der Waals surface area contributed by atoms with Gasteiger partial charge in [0.15, 0.2) is 0 Å². The molecular weight excluding hydrogens is 336 g/mol. The number of rotatable bonds is 5. The summed E-state index contributed by atoms with van der Waals surface area (Å²) in [6, 6.07) is 11.4. The molecule has 146 valence electrons. The minimum Gasteiger partial charge on any atom is -0.375 e. The fraction of sp³-hybridized carbons (Fsp3) is 0.591. The van der Waals surface area contributed by atoms with Gasteiger partial charge in [-0.1, -0.05) is 25.1 Å². The molecule has 1 unspecified atom stereocenters. The van der Waals surface area contributed by atoms with E-state index in [9.17, 15) is 0 Å². The van der Waals surface area contributed by atoms with Crippen LogP contribution in [-0.2, 0) is 18.3 Å². The molecule has 0 aliphatic carbocycles. The van der Waals surface area contributed by atoms with Gasteiger partial charge in [0.25, 0.3) is 0 Å². The Bertz CT molecular complexity index is 721. The normalized spacial score (nSPS) is 22.5. The minimum atomic E-state index is 0.0660. The highest BCUT2D eigenvalue weighted by Gasteiger charge is 2.41. The van der Waals surface area contributed by atoms with Crippen LogP contribution in [0.25, 0.3) is 0 Å². The van der Waals surface area contributed by atoms with Gasteiger partial charge in [0.05, 0.1) is 11.8 Å². The molecule has 2 aliphatic heterocycles. The topological polar surface area (TPSA) is 33.5 Å². The number of ether oxygens (including phenoxy) is 1. The Balaban J connectivity index is 1.38. The van der Waals surface area contributed by atoms with E-state index in [-0.39, 0.29) is 5.60 Å². The first-order valence-corrected chi connectivity index (χ1v) is 10.3. The molecule has 0 radical (unpaired) electrons. The lowest BCUT2D eigenvalue weighted by Gasteiger charge is -2.48. The molecule has 0 bridgehead atoms. The number of hydrogen-bond acceptors (Lipinski definition) is 4. The lowest BCUT2D eigenvalue weighted by molar-refractivity contribution is -0.118. The number of piperidine rings is 1. The maximum atomic E-state index is 6.40. The highest BCUT2D eigenvalue weighted by molar-refractivity contribution is 5.46. The van der Waals surface area contributed by atoms with Gasteiger partial charge in [-0.05, 0) is 44.4 Å². The molecule has 27 heavy (non-hydrogen) atoms. The number of para-hydroxylation sites is 1. The zero-order chi connectivity index (χ0) is 18.7. The number of nitrogens with zero attached hydrogens (tertiary/aromatic N) is 4. The number of aryl methyl sites for hydroxylation is 1. The number of hydrogen-bond donors (Lipinski definition) is 0. The van der Waals surface area contributed by atoms with Crippen molar-refractivity contribution < 1.29 is 4.74 Å². The molecule has 2 aromatic rings. The Morgan fingerprint density at radius 3 is 2.67 bits per heavy atom. The van der Waals surface area contributed by atoms with Crippen molar-refractivity contribution in [3.63, 3.8) is 0 Å². The van der Waals surface area contributed by atoms with Gasteiger partial charge < -0.3 is 9.64 Å². The minimum absolute atomic E-state index is 0.0660. The van der Waals surface area contributed by atoms with Crippen molar-refractivity contribution in [2.24, 2.45) is 7.05 Å². The fourth-order valence-corrected chi connectivity index (χ4v) is 4.76. The SMILES string of the molecule is CCN(Cc1cnn(C)c1)C1CCOC2(CCN(c3ccccc3)CC2)C1. The van der Waals surface area contributed by atoms with Crippen LogP contribution in [0.5, 0.6) is 0 Å². The summed E-state index contributed by atoms with van der Waals surface area (Å²) in [5, 5.41) is 4.33. The van der Waals surface area contributed by atoms with Crippen molar-refractivity contribution in [1.29, 1.82) is 0 Å². The van der Waals surface area contributed by atoms with E-state index in [0.29, 0.717) is 6.04 Å². The van der Waals surface area contributed by atoms with E-state index >= 15 is 0 Å². The quantitative estimate of drug-likeness (QED) is 0.809. The van der Waals surface area contributed by atoms with Crippen LogP contribution in [0, 0.1) is 0 Å². The summed E-state index contributed by atoms with van der Waals surface area (Å²) in [4.78, 5) is 5.12. The highest BCUT2D eigenvalue weighted by atomic mass is 16.5. The van der Waals surface area contributed by atoms with Gasteiger partial charge in [0.1, 0.15) is 0 Å². The Labute approximate surface area is 162 Å². The zero-order valence-corrected chi connectivity index (χ0v) is 16.7. The Morgan fingerprint density at radius 2 is 2.00 bits per heavy atom. The van der Waals surface area contributed by atoms with Crippen molar-refractivity contribution >= 4 is 5.69 Å². The summed E-state index contributed by atoms with van der Waals surface area (Å²) >= 11 is 0. The van der Waals surface area contributed by atoms with E-state index in [1.165, 1.54) is 11.3 Å². The monoisotopic (exact) mass is 368 g/mol. The number of aromatic nitrogens is 2. The largest absolute Gasteiger partial charge is 0.375 e. The second-order valence-electron chi connectivity index (χ2n) is 8.09. The van der Waals surface area contributed by atoms with Crippen LogP contribution in [0.1, 0.15) is 38.2 Å². The molecule has 5 heteroatoms. The van der Waals surface area contributed by atoms with Gasteiger partial charge in [-0.25, -0.2) is 0 Å². The third-order valence-corrected chi connectivity index (χ3v) is 6.33. The summed E-state index contributed by atoms with van der Waals surface area (Å²) in [5.41, 5.74) is 2.71. The Morgan fingerprint density at radius 1 is 1.22 bits per heavy atom. The van der Waals surface area contributed by atoms with Crippen LogP contribution in [0.15, 0.2) is 42.7 Å². The van der Waals surface area contributed by atoms with E-state index in [1.54, 1.807) is 0 Å². The maximum absolute atomic E-state index is 6.40. The van der Waals surface area contributed by atoms with Crippen LogP contribution in [-0.4, -0.2) is 52.6 Å². The first-order chi connectivity index (χ1) is 13.2. The number of benzene rings is 1. The molecule has 3 heterocycles. The Hall–Kier alpha value is -1.85. The summed E-state index contributed by atoms with van der Waals surface area (Å²) in [6.07, 6.45) is 8.68. The number of anilines is 1. The van der Waals surface area contributed by atoms with Gasteiger partial charge in [-0.2, -0.15) is 5.10 Å². The van der Waals surface area contributed by atoms with E-state index < -0.39 is 0 Å². The summed E-state index contributed by atoms with van der Waals surface area (Å²) < 4.78 is 8.30. The summed E-state index contributed by atoms with van der Waals surface area (Å²) in [6.45, 7) is 7.40. The van der Waals surface area contributed by atoms with Crippen molar-refractivity contribution in [2.75, 3.05) is 31.1 Å². The summed E-state index contributed by atoms with van der Waals surface area (Å²) in [7, 11) is 1.99. The molecule has 1 aromatic carbocycles. The molecule has 2 aliphatic rings. The first-order valence-electron chi connectivity index (χ1n) is 10.3. The average molecular weight is 369 g/mol. The van der Waals surface area contributed by atoms with Crippen molar-refractivity contribution in [3.05, 3.63) is 48.3 Å². The lowest BCUT2D eigenvalue weighted by Crippen LogP contribution is -2.53. The van der Waals surface area contributed by atoms with Gasteiger partial charge >= 0.3 is 0 Å². The molecule has 1 spiro atoms. The van der Waals surface area contributed by atoms with Crippen molar-refractivity contribution in [3.8, 4) is 0 Å². The molecule has 0 amide bonds. The standard InChI is InChI=1S/C22H32N4O/c1-3-25(18-19-16-23-24(2)17-19)21-9-14-27-22(15-21)10-12-26(13-11-22)20-7-5-4-6-8-20/h4-8,16-17,21H,3,9-15,18H2,1-2H3. The second kappa shape index (κ2) is 8.03. The predicted molar refractivity (Wildman–Crippen MR) is 109 cm³/mol. The predicted octanol–water partition coefficient (Wildman–Crippen LogP) is 3.46. The zero-order valence-electron chi connectivity index (χ0n) is 16.7. The van der Waals surface area contributed by atoms with Gasteiger partial charge in [-0.15, -0.1) is 0 Å². The molecule has 0 N–H and O–H groups in total. The lowest BCUT2D eigenvalue weighted by atomic mass is 9.81. The molecular formula is C22H32N4O. The van der Waals surface area contributed by atoms with Crippen LogP contribution in [0.3, 0.4) is 0 Å². The first kappa shape index (κ1) is 18.5. The van der Waals surface area contributed by atoms with E-state index in [1.807, 2.05) is 17.9 Å².